The third-order valence-electron chi connectivity index (χ3n) is 13.5. The van der Waals surface area contributed by atoms with E-state index in [4.69, 9.17) is 16.3 Å². The van der Waals surface area contributed by atoms with Gasteiger partial charge in [0.2, 0.25) is 23.7 Å². The molecule has 16 nitrogen and oxygen atoms in total. The third-order valence-corrected chi connectivity index (χ3v) is 16.3. The zero-order chi connectivity index (χ0) is 52.3. The molecule has 2 saturated heterocycles. The number of rotatable bonds is 22. The predicted octanol–water partition coefficient (Wildman–Crippen LogP) is 9.01. The zero-order valence-corrected chi connectivity index (χ0v) is 45.6. The van der Waals surface area contributed by atoms with Crippen LogP contribution in [0, 0.1) is 12.3 Å². The number of benzene rings is 3. The lowest BCUT2D eigenvalue weighted by Crippen LogP contribution is -2.57. The molecular formula is C54H72ClN10O6PS. The van der Waals surface area contributed by atoms with Crippen molar-refractivity contribution in [2.45, 2.75) is 116 Å². The number of unbranched alkanes of at least 4 members (excludes halogenated alkanes) is 4. The van der Waals surface area contributed by atoms with Gasteiger partial charge in [-0.25, -0.2) is 9.97 Å². The van der Waals surface area contributed by atoms with Gasteiger partial charge in [0.1, 0.15) is 30.0 Å². The Hall–Kier alpha value is -5.58. The summed E-state index contributed by atoms with van der Waals surface area (Å²) in [6.07, 6.45) is 7.94. The highest BCUT2D eigenvalue weighted by molar-refractivity contribution is 7.70. The van der Waals surface area contributed by atoms with Gasteiger partial charge in [-0.2, -0.15) is 4.98 Å². The molecule has 0 bridgehead atoms. The maximum absolute atomic E-state index is 14.1. The van der Waals surface area contributed by atoms with Crippen molar-refractivity contribution in [3.63, 3.8) is 0 Å². The van der Waals surface area contributed by atoms with Gasteiger partial charge in [0, 0.05) is 62.1 Å². The van der Waals surface area contributed by atoms with E-state index in [-0.39, 0.29) is 37.2 Å². The summed E-state index contributed by atoms with van der Waals surface area (Å²) < 4.78 is 18.7. The normalized spacial score (nSPS) is 16.8. The molecule has 6 N–H and O–H groups in total. The molecule has 2 fully saturated rings. The Balaban J connectivity index is 0.787. The van der Waals surface area contributed by atoms with Gasteiger partial charge in [-0.05, 0) is 93.3 Å². The molecule has 0 radical (unpaired) electrons. The smallest absolute Gasteiger partial charge is 0.246 e. The number of aliphatic hydroxyl groups is 1. The summed E-state index contributed by atoms with van der Waals surface area (Å²) in [5.41, 5.74) is 6.63. The van der Waals surface area contributed by atoms with Crippen LogP contribution in [0.3, 0.4) is 0 Å². The first-order chi connectivity index (χ1) is 34.9. The summed E-state index contributed by atoms with van der Waals surface area (Å²) in [6, 6.07) is 20.2. The van der Waals surface area contributed by atoms with E-state index < -0.39 is 30.7 Å². The fraction of sp³-hybridized carbons (Fsp3) is 0.481. The summed E-state index contributed by atoms with van der Waals surface area (Å²) in [5, 5.41) is 27.9. The summed E-state index contributed by atoms with van der Waals surface area (Å²) in [5.74, 6) is 0.508. The van der Waals surface area contributed by atoms with Crippen LogP contribution in [0.5, 0.6) is 5.75 Å². The van der Waals surface area contributed by atoms with Crippen LogP contribution in [0.1, 0.15) is 89.8 Å². The number of para-hydroxylation sites is 1. The van der Waals surface area contributed by atoms with E-state index >= 15 is 0 Å². The van der Waals surface area contributed by atoms with Gasteiger partial charge in [-0.15, -0.1) is 11.3 Å². The molecule has 2 aliphatic heterocycles. The number of amides is 3. The lowest BCUT2D eigenvalue weighted by molar-refractivity contribution is -0.144. The lowest BCUT2D eigenvalue weighted by atomic mass is 9.85. The highest BCUT2D eigenvalue weighted by Crippen LogP contribution is 2.39. The first kappa shape index (κ1) is 55.2. The van der Waals surface area contributed by atoms with E-state index in [1.807, 2.05) is 93.9 Å². The number of hydrogen-bond acceptors (Lipinski definition) is 14. The number of carbonyl (C=O) groups excluding carboxylic acids is 3. The molecule has 3 amide bonds. The molecule has 7 rings (SSSR count). The second-order valence-electron chi connectivity index (χ2n) is 20.6. The average Bonchev–Trinajstić information content (AvgIpc) is 3.99. The SMILES string of the molecule is COc1cc(N2CCC(NCCCCCCCC(=O)N[C@H](C(=O)N3C[C@H](O)C[C@H]3C(=O)NCc3ccc(-c4scnc4C)cc3)C(C)(C)C)CC2)ccc1Nc1ncc(Cl)c(Nc2ccccc2P(C)(C)=O)n1. The van der Waals surface area contributed by atoms with Crippen molar-refractivity contribution in [3.8, 4) is 16.2 Å². The molecule has 392 valence electrons. The van der Waals surface area contributed by atoms with Gasteiger partial charge >= 0.3 is 0 Å². The number of methoxy groups -OCH3 is 1. The summed E-state index contributed by atoms with van der Waals surface area (Å²) in [4.78, 5) is 59.1. The van der Waals surface area contributed by atoms with Crippen LogP contribution in [0.15, 0.2) is 78.4 Å². The highest BCUT2D eigenvalue weighted by Gasteiger charge is 2.44. The topological polar surface area (TPSA) is 203 Å². The van der Waals surface area contributed by atoms with Crippen LogP contribution in [0.2, 0.25) is 5.02 Å². The number of aliphatic hydroxyl groups excluding tert-OH is 1. The Kier molecular flexibility index (Phi) is 19.0. The number of ether oxygens (including phenoxy) is 1. The van der Waals surface area contributed by atoms with Gasteiger partial charge in [0.05, 0.1) is 46.9 Å². The molecule has 2 aliphatic rings. The lowest BCUT2D eigenvalue weighted by Gasteiger charge is -2.35. The molecule has 5 aromatic rings. The number of thiazole rings is 1. The maximum Gasteiger partial charge on any atom is 0.246 e. The Bertz CT molecular complexity index is 2720. The summed E-state index contributed by atoms with van der Waals surface area (Å²) >= 11 is 8.07. The molecule has 19 heteroatoms. The number of piperidine rings is 1. The van der Waals surface area contributed by atoms with Crippen LogP contribution in [0.4, 0.5) is 28.8 Å². The molecule has 0 saturated carbocycles. The molecule has 0 unspecified atom stereocenters. The van der Waals surface area contributed by atoms with E-state index in [0.717, 1.165) is 92.0 Å². The van der Waals surface area contributed by atoms with Crippen LogP contribution in [0.25, 0.3) is 10.4 Å². The van der Waals surface area contributed by atoms with Gasteiger partial charge in [0.15, 0.2) is 5.82 Å². The number of nitrogens with one attached hydrogen (secondary N) is 5. The van der Waals surface area contributed by atoms with E-state index in [0.29, 0.717) is 51.7 Å². The quantitative estimate of drug-likeness (QED) is 0.0283. The molecular weight excluding hydrogens is 983 g/mol. The van der Waals surface area contributed by atoms with Crippen molar-refractivity contribution in [1.29, 1.82) is 0 Å². The number of aromatic nitrogens is 3. The number of halogens is 1. The number of anilines is 5. The standard InChI is InChI=1S/C54H72ClN10O6PS/c1-35-48(73-34-59-35)37-20-18-36(19-21-37)31-57-51(68)44-30-40(66)33-65(44)52(69)49(54(2,3)4)62-47(67)17-11-9-8-10-14-26-56-38-24-27-64(28-25-38)39-22-23-42(45(29-39)71-5)61-53-58-32-41(55)50(63-53)60-43-15-12-13-16-46(43)72(6,7)70/h12-13,15-16,18-23,29,32,34,38,40,44,49,56,66H,8-11,14,17,24-28,30-31,33H2,1-7H3,(H,57,68)(H,62,67)(H2,58,60,61,63)/t40-,44+,49-/m1/s1. The number of likely N-dealkylation sites (tertiary alicyclic amines) is 1. The monoisotopic (exact) mass is 1050 g/mol. The van der Waals surface area contributed by atoms with Crippen LogP contribution < -0.4 is 41.5 Å². The van der Waals surface area contributed by atoms with Crippen LogP contribution >= 0.6 is 30.1 Å². The molecule has 3 aromatic carbocycles. The number of aryl methyl sites for hydroxylation is 1. The first-order valence-corrected chi connectivity index (χ1v) is 29.2. The van der Waals surface area contributed by atoms with Crippen molar-refractivity contribution in [1.82, 2.24) is 35.8 Å². The zero-order valence-electron chi connectivity index (χ0n) is 43.2. The molecule has 4 heterocycles. The largest absolute Gasteiger partial charge is 0.494 e. The molecule has 0 aliphatic carbocycles. The van der Waals surface area contributed by atoms with Crippen molar-refractivity contribution in [3.05, 3.63) is 94.7 Å². The maximum atomic E-state index is 14.1. The number of hydrogen-bond donors (Lipinski definition) is 6. The Morgan fingerprint density at radius 3 is 2.37 bits per heavy atom. The van der Waals surface area contributed by atoms with E-state index in [1.165, 1.54) is 11.1 Å². The minimum atomic E-state index is -2.56. The van der Waals surface area contributed by atoms with E-state index in [9.17, 15) is 24.1 Å². The van der Waals surface area contributed by atoms with E-state index in [2.05, 4.69) is 52.5 Å². The predicted molar refractivity (Wildman–Crippen MR) is 295 cm³/mol. The molecule has 0 spiro atoms. The average molecular weight is 1060 g/mol. The number of carbonyl (C=O) groups is 3. The Morgan fingerprint density at radius 2 is 1.67 bits per heavy atom. The minimum Gasteiger partial charge on any atom is -0.494 e. The van der Waals surface area contributed by atoms with Crippen LogP contribution in [-0.4, -0.2) is 114 Å². The minimum absolute atomic E-state index is 0.0344. The van der Waals surface area contributed by atoms with Crippen molar-refractivity contribution in [2.24, 2.45) is 5.41 Å². The fourth-order valence-corrected chi connectivity index (χ4v) is 11.5. The number of nitrogens with zero attached hydrogens (tertiary/aromatic N) is 5. The van der Waals surface area contributed by atoms with Crippen LogP contribution in [-0.2, 0) is 25.5 Å². The molecule has 73 heavy (non-hydrogen) atoms. The van der Waals surface area contributed by atoms with E-state index in [1.54, 1.807) is 31.8 Å². The van der Waals surface area contributed by atoms with Crippen molar-refractivity contribution < 1.29 is 28.8 Å². The number of β-amino-alcohol motifs (C(OH)–C–C–N with tert-alkyl or cyclic N) is 1. The Morgan fingerprint density at radius 1 is 0.945 bits per heavy atom. The highest BCUT2D eigenvalue weighted by atomic mass is 35.5. The second kappa shape index (κ2) is 25.1. The van der Waals surface area contributed by atoms with Gasteiger partial charge in [0.25, 0.3) is 0 Å². The van der Waals surface area contributed by atoms with Gasteiger partial charge < -0.3 is 50.8 Å². The van der Waals surface area contributed by atoms with Crippen molar-refractivity contribution >= 4 is 81.9 Å². The Labute approximate surface area is 439 Å². The molecule has 3 atom stereocenters. The van der Waals surface area contributed by atoms with Crippen molar-refractivity contribution in [2.75, 3.05) is 62.2 Å². The summed E-state index contributed by atoms with van der Waals surface area (Å²) in [6.45, 7) is 14.2. The third kappa shape index (κ3) is 15.0. The van der Waals surface area contributed by atoms with Gasteiger partial charge in [-0.3, -0.25) is 14.4 Å². The fourth-order valence-electron chi connectivity index (χ4n) is 9.39. The second-order valence-corrected chi connectivity index (χ2v) is 25.0. The summed E-state index contributed by atoms with van der Waals surface area (Å²) in [7, 11) is -0.918. The molecule has 2 aromatic heterocycles. The van der Waals surface area contributed by atoms with Gasteiger partial charge in [-0.1, -0.05) is 88.0 Å². The first-order valence-electron chi connectivity index (χ1n) is 25.3.